The van der Waals surface area contributed by atoms with Gasteiger partial charge >= 0.3 is 6.18 Å². The molecule has 0 saturated heterocycles. The molecule has 4 nitrogen and oxygen atoms in total. The lowest BCUT2D eigenvalue weighted by molar-refractivity contribution is -0.137. The molecule has 0 fully saturated rings. The van der Waals surface area contributed by atoms with Gasteiger partial charge in [0, 0.05) is 17.1 Å². The third-order valence-corrected chi connectivity index (χ3v) is 4.38. The zero-order valence-electron chi connectivity index (χ0n) is 14.8. The number of pyridine rings is 1. The normalized spacial score (nSPS) is 13.5. The number of fused-ring (bicyclic) bond motifs is 1. The first-order valence-corrected chi connectivity index (χ1v) is 8.45. The number of nitrogens with zero attached hydrogens (tertiary/aromatic N) is 2. The molecule has 1 atom stereocenters. The predicted octanol–water partition coefficient (Wildman–Crippen LogP) is 4.38. The van der Waals surface area contributed by atoms with E-state index in [1.54, 1.807) is 24.4 Å². The highest BCUT2D eigenvalue weighted by atomic mass is 19.4. The van der Waals surface area contributed by atoms with Crippen LogP contribution in [0.3, 0.4) is 0 Å². The van der Waals surface area contributed by atoms with Crippen LogP contribution in [0.4, 0.5) is 13.2 Å². The second-order valence-electron chi connectivity index (χ2n) is 6.18. The van der Waals surface area contributed by atoms with Crippen molar-refractivity contribution in [1.82, 2.24) is 4.98 Å². The second-order valence-corrected chi connectivity index (χ2v) is 6.18. The lowest BCUT2D eigenvalue weighted by Crippen LogP contribution is -2.08. The SMILES string of the molecule is C=CC(N)=NCc1ccc(C(O)c2ccc(C(F)(F)F)cc2)c2ncccc12. The summed E-state index contributed by atoms with van der Waals surface area (Å²) in [7, 11) is 0. The van der Waals surface area contributed by atoms with E-state index in [1.807, 2.05) is 6.07 Å². The number of aliphatic hydroxyl groups excluding tert-OH is 1. The molecule has 28 heavy (non-hydrogen) atoms. The topological polar surface area (TPSA) is 71.5 Å². The third-order valence-electron chi connectivity index (χ3n) is 4.38. The van der Waals surface area contributed by atoms with E-state index in [0.717, 1.165) is 23.1 Å². The minimum Gasteiger partial charge on any atom is -0.384 e. The summed E-state index contributed by atoms with van der Waals surface area (Å²) in [6.07, 6.45) is -2.50. The Hall–Kier alpha value is -3.19. The Labute approximate surface area is 159 Å². The van der Waals surface area contributed by atoms with Crippen LogP contribution in [0.2, 0.25) is 0 Å². The standard InChI is InChI=1S/C21H18F3N3O/c1-2-18(25)27-12-14-7-10-17(19-16(14)4-3-11-26-19)20(28)13-5-8-15(9-6-13)21(22,23)24/h2-11,20,28H,1,12H2,(H2,25,27). The molecule has 0 saturated carbocycles. The van der Waals surface area contributed by atoms with Crippen LogP contribution in [0.1, 0.15) is 28.4 Å². The summed E-state index contributed by atoms with van der Waals surface area (Å²) in [5.41, 5.74) is 7.16. The zero-order valence-corrected chi connectivity index (χ0v) is 14.8. The van der Waals surface area contributed by atoms with Crippen molar-refractivity contribution < 1.29 is 18.3 Å². The van der Waals surface area contributed by atoms with Gasteiger partial charge in [-0.05, 0) is 35.4 Å². The first-order valence-electron chi connectivity index (χ1n) is 8.45. The Balaban J connectivity index is 2.00. The molecule has 0 amide bonds. The predicted molar refractivity (Wildman–Crippen MR) is 103 cm³/mol. The number of alkyl halides is 3. The van der Waals surface area contributed by atoms with Gasteiger partial charge in [0.1, 0.15) is 11.9 Å². The molecule has 0 aliphatic carbocycles. The smallest absolute Gasteiger partial charge is 0.384 e. The molecular formula is C21H18F3N3O. The van der Waals surface area contributed by atoms with Gasteiger partial charge in [0.05, 0.1) is 17.6 Å². The number of halogens is 3. The number of nitrogens with two attached hydrogens (primary N) is 1. The average Bonchev–Trinajstić information content (AvgIpc) is 2.70. The molecule has 1 aromatic heterocycles. The Kier molecular flexibility index (Phi) is 5.46. The minimum absolute atomic E-state index is 0.311. The maximum Gasteiger partial charge on any atom is 0.416 e. The van der Waals surface area contributed by atoms with E-state index in [4.69, 9.17) is 5.73 Å². The average molecular weight is 385 g/mol. The highest BCUT2D eigenvalue weighted by Crippen LogP contribution is 2.33. The Morgan fingerprint density at radius 2 is 1.89 bits per heavy atom. The number of rotatable bonds is 5. The summed E-state index contributed by atoms with van der Waals surface area (Å²) in [6.45, 7) is 3.87. The van der Waals surface area contributed by atoms with Gasteiger partial charge in [-0.2, -0.15) is 13.2 Å². The van der Waals surface area contributed by atoms with Crippen molar-refractivity contribution in [3.63, 3.8) is 0 Å². The van der Waals surface area contributed by atoms with Gasteiger partial charge in [-0.25, -0.2) is 0 Å². The van der Waals surface area contributed by atoms with Crippen LogP contribution in [-0.2, 0) is 12.7 Å². The highest BCUT2D eigenvalue weighted by molar-refractivity contribution is 5.91. The molecule has 0 spiro atoms. The van der Waals surface area contributed by atoms with Gasteiger partial charge < -0.3 is 10.8 Å². The number of aromatic nitrogens is 1. The number of amidine groups is 1. The fourth-order valence-electron chi connectivity index (χ4n) is 2.89. The quantitative estimate of drug-likeness (QED) is 0.506. The van der Waals surface area contributed by atoms with Crippen molar-refractivity contribution >= 4 is 16.7 Å². The maximum atomic E-state index is 12.8. The molecule has 0 bridgehead atoms. The zero-order chi connectivity index (χ0) is 20.3. The van der Waals surface area contributed by atoms with E-state index in [9.17, 15) is 18.3 Å². The summed E-state index contributed by atoms with van der Waals surface area (Å²) >= 11 is 0. The number of aliphatic hydroxyl groups is 1. The summed E-state index contributed by atoms with van der Waals surface area (Å²) in [6, 6.07) is 11.6. The first kappa shape index (κ1) is 19.6. The van der Waals surface area contributed by atoms with E-state index < -0.39 is 17.8 Å². The third kappa shape index (κ3) is 4.04. The van der Waals surface area contributed by atoms with Gasteiger partial charge in [-0.1, -0.05) is 36.9 Å². The molecule has 0 aliphatic heterocycles. The van der Waals surface area contributed by atoms with Crippen molar-refractivity contribution in [2.24, 2.45) is 10.7 Å². The molecular weight excluding hydrogens is 367 g/mol. The molecule has 3 N–H and O–H groups in total. The lowest BCUT2D eigenvalue weighted by atomic mass is 9.95. The molecule has 144 valence electrons. The number of hydrogen-bond donors (Lipinski definition) is 2. The summed E-state index contributed by atoms with van der Waals surface area (Å²) in [4.78, 5) is 8.56. The number of benzene rings is 2. The van der Waals surface area contributed by atoms with Crippen molar-refractivity contribution in [2.75, 3.05) is 0 Å². The van der Waals surface area contributed by atoms with Crippen LogP contribution in [0, 0.1) is 0 Å². The summed E-state index contributed by atoms with van der Waals surface area (Å²) in [5.74, 6) is 0.311. The highest BCUT2D eigenvalue weighted by Gasteiger charge is 2.30. The van der Waals surface area contributed by atoms with Gasteiger partial charge in [-0.15, -0.1) is 0 Å². The van der Waals surface area contributed by atoms with E-state index in [2.05, 4.69) is 16.6 Å². The van der Waals surface area contributed by atoms with Gasteiger partial charge in [0.15, 0.2) is 0 Å². The fraction of sp³-hybridized carbons (Fsp3) is 0.143. The maximum absolute atomic E-state index is 12.8. The minimum atomic E-state index is -4.42. The van der Waals surface area contributed by atoms with Crippen molar-refractivity contribution in [3.8, 4) is 0 Å². The van der Waals surface area contributed by atoms with E-state index in [-0.39, 0.29) is 0 Å². The van der Waals surface area contributed by atoms with Crippen LogP contribution in [0.5, 0.6) is 0 Å². The summed E-state index contributed by atoms with van der Waals surface area (Å²) in [5, 5.41) is 11.5. The van der Waals surface area contributed by atoms with Gasteiger partial charge in [-0.3, -0.25) is 9.98 Å². The molecule has 0 radical (unpaired) electrons. The van der Waals surface area contributed by atoms with Crippen molar-refractivity contribution in [1.29, 1.82) is 0 Å². The molecule has 3 rings (SSSR count). The summed E-state index contributed by atoms with van der Waals surface area (Å²) < 4.78 is 38.3. The molecule has 3 aromatic rings. The Morgan fingerprint density at radius 3 is 2.54 bits per heavy atom. The van der Waals surface area contributed by atoms with E-state index in [0.29, 0.717) is 29.0 Å². The number of hydrogen-bond acceptors (Lipinski definition) is 3. The van der Waals surface area contributed by atoms with Crippen LogP contribution in [0.25, 0.3) is 10.9 Å². The second kappa shape index (κ2) is 7.82. The molecule has 7 heteroatoms. The Morgan fingerprint density at radius 1 is 1.18 bits per heavy atom. The van der Waals surface area contributed by atoms with Crippen LogP contribution < -0.4 is 5.73 Å². The molecule has 1 heterocycles. The first-order chi connectivity index (χ1) is 13.3. The monoisotopic (exact) mass is 385 g/mol. The largest absolute Gasteiger partial charge is 0.416 e. The number of aliphatic imine (C=N–C) groups is 1. The molecule has 0 aliphatic rings. The van der Waals surface area contributed by atoms with E-state index >= 15 is 0 Å². The molecule has 2 aromatic carbocycles. The van der Waals surface area contributed by atoms with E-state index in [1.165, 1.54) is 18.2 Å². The van der Waals surface area contributed by atoms with Gasteiger partial charge in [0.25, 0.3) is 0 Å². The van der Waals surface area contributed by atoms with Crippen LogP contribution in [0.15, 0.2) is 72.4 Å². The van der Waals surface area contributed by atoms with Crippen molar-refractivity contribution in [3.05, 3.63) is 89.6 Å². The Bertz CT molecular complexity index is 1030. The molecule has 1 unspecified atom stereocenters. The van der Waals surface area contributed by atoms with Crippen molar-refractivity contribution in [2.45, 2.75) is 18.8 Å². The lowest BCUT2D eigenvalue weighted by Gasteiger charge is -2.16. The van der Waals surface area contributed by atoms with Gasteiger partial charge in [0.2, 0.25) is 0 Å². The van der Waals surface area contributed by atoms with Crippen LogP contribution >= 0.6 is 0 Å². The fourth-order valence-corrected chi connectivity index (χ4v) is 2.89. The van der Waals surface area contributed by atoms with Crippen LogP contribution in [-0.4, -0.2) is 15.9 Å².